The van der Waals surface area contributed by atoms with Crippen molar-refractivity contribution in [2.24, 2.45) is 0 Å². The molecule has 30 heavy (non-hydrogen) atoms. The van der Waals surface area contributed by atoms with Crippen molar-refractivity contribution >= 4 is 50.0 Å². The van der Waals surface area contributed by atoms with Crippen LogP contribution in [0.15, 0.2) is 54.7 Å². The molecule has 0 aliphatic carbocycles. The van der Waals surface area contributed by atoms with E-state index >= 15 is 0 Å². The highest BCUT2D eigenvalue weighted by Gasteiger charge is 2.10. The number of benzene rings is 1. The van der Waals surface area contributed by atoms with Gasteiger partial charge in [-0.05, 0) is 48.0 Å². The Balaban J connectivity index is 1.54. The van der Waals surface area contributed by atoms with E-state index in [0.717, 1.165) is 21.6 Å². The SMILES string of the molecule is CN(C)C(=O)c1cccc(Nc2ccc3nc(Nc4cc(CO)ccn4)sc3n2)c1. The van der Waals surface area contributed by atoms with Crippen LogP contribution in [-0.4, -0.2) is 45.0 Å². The van der Waals surface area contributed by atoms with Crippen molar-refractivity contribution in [3.05, 3.63) is 65.9 Å². The molecule has 0 saturated carbocycles. The summed E-state index contributed by atoms with van der Waals surface area (Å²) in [6.45, 7) is -0.0467. The van der Waals surface area contributed by atoms with E-state index in [1.54, 1.807) is 49.5 Å². The van der Waals surface area contributed by atoms with Crippen LogP contribution in [0.25, 0.3) is 10.3 Å². The Kier molecular flexibility index (Phi) is 5.55. The first-order valence-electron chi connectivity index (χ1n) is 9.21. The van der Waals surface area contributed by atoms with Crippen molar-refractivity contribution in [3.63, 3.8) is 0 Å². The van der Waals surface area contributed by atoms with Crippen LogP contribution in [0, 0.1) is 0 Å². The van der Waals surface area contributed by atoms with Gasteiger partial charge in [-0.25, -0.2) is 15.0 Å². The van der Waals surface area contributed by atoms with Gasteiger partial charge in [0.25, 0.3) is 5.91 Å². The highest BCUT2D eigenvalue weighted by atomic mass is 32.1. The van der Waals surface area contributed by atoms with Crippen LogP contribution in [0.4, 0.5) is 22.5 Å². The molecule has 0 atom stereocenters. The van der Waals surface area contributed by atoms with Crippen molar-refractivity contribution in [1.29, 1.82) is 0 Å². The number of nitrogens with zero attached hydrogens (tertiary/aromatic N) is 4. The molecule has 0 aliphatic rings. The minimum absolute atomic E-state index is 0.0467. The fourth-order valence-corrected chi connectivity index (χ4v) is 3.67. The monoisotopic (exact) mass is 420 g/mol. The molecule has 3 heterocycles. The van der Waals surface area contributed by atoms with Gasteiger partial charge in [-0.15, -0.1) is 0 Å². The van der Waals surface area contributed by atoms with Crippen LogP contribution in [-0.2, 0) is 6.61 Å². The van der Waals surface area contributed by atoms with E-state index < -0.39 is 0 Å². The largest absolute Gasteiger partial charge is 0.392 e. The van der Waals surface area contributed by atoms with Gasteiger partial charge in [-0.1, -0.05) is 17.4 Å². The highest BCUT2D eigenvalue weighted by Crippen LogP contribution is 2.28. The molecule has 0 aliphatic heterocycles. The van der Waals surface area contributed by atoms with Crippen LogP contribution in [0.5, 0.6) is 0 Å². The van der Waals surface area contributed by atoms with Gasteiger partial charge in [-0.2, -0.15) is 0 Å². The number of anilines is 4. The molecule has 0 unspecified atom stereocenters. The number of pyridine rings is 2. The lowest BCUT2D eigenvalue weighted by Crippen LogP contribution is -2.21. The third kappa shape index (κ3) is 4.37. The summed E-state index contributed by atoms with van der Waals surface area (Å²) in [7, 11) is 3.45. The minimum atomic E-state index is -0.0564. The molecule has 0 bridgehead atoms. The lowest BCUT2D eigenvalue weighted by atomic mass is 10.2. The summed E-state index contributed by atoms with van der Waals surface area (Å²) in [5.74, 6) is 1.22. The molecule has 152 valence electrons. The predicted octanol–water partition coefficient (Wildman–Crippen LogP) is 3.77. The average molecular weight is 420 g/mol. The summed E-state index contributed by atoms with van der Waals surface area (Å²) in [4.78, 5) is 27.9. The Labute approximate surface area is 177 Å². The zero-order chi connectivity index (χ0) is 21.1. The second-order valence-corrected chi connectivity index (χ2v) is 7.76. The van der Waals surface area contributed by atoms with Gasteiger partial charge < -0.3 is 20.6 Å². The maximum Gasteiger partial charge on any atom is 0.253 e. The Morgan fingerprint density at radius 2 is 1.93 bits per heavy atom. The zero-order valence-corrected chi connectivity index (χ0v) is 17.3. The smallest absolute Gasteiger partial charge is 0.253 e. The molecule has 0 radical (unpaired) electrons. The Morgan fingerprint density at radius 1 is 1.07 bits per heavy atom. The quantitative estimate of drug-likeness (QED) is 0.436. The molecule has 0 fully saturated rings. The van der Waals surface area contributed by atoms with Crippen molar-refractivity contribution in [2.75, 3.05) is 24.7 Å². The minimum Gasteiger partial charge on any atom is -0.392 e. The molecule has 0 saturated heterocycles. The molecule has 4 rings (SSSR count). The van der Waals surface area contributed by atoms with E-state index in [9.17, 15) is 9.90 Å². The van der Waals surface area contributed by atoms with E-state index in [2.05, 4.69) is 25.6 Å². The van der Waals surface area contributed by atoms with E-state index in [1.165, 1.54) is 11.3 Å². The number of fused-ring (bicyclic) bond motifs is 1. The van der Waals surface area contributed by atoms with Gasteiger partial charge in [0.05, 0.1) is 6.61 Å². The maximum absolute atomic E-state index is 12.2. The second-order valence-electron chi connectivity index (χ2n) is 6.78. The molecular weight excluding hydrogens is 400 g/mol. The number of amides is 1. The van der Waals surface area contributed by atoms with Gasteiger partial charge in [0, 0.05) is 31.5 Å². The number of hydrogen-bond acceptors (Lipinski definition) is 8. The molecule has 4 aromatic rings. The number of rotatable bonds is 6. The third-order valence-corrected chi connectivity index (χ3v) is 5.17. The van der Waals surface area contributed by atoms with Crippen molar-refractivity contribution in [2.45, 2.75) is 6.61 Å². The number of carbonyl (C=O) groups is 1. The third-order valence-electron chi connectivity index (χ3n) is 4.29. The molecule has 0 spiro atoms. The number of carbonyl (C=O) groups excluding carboxylic acids is 1. The second kappa shape index (κ2) is 8.44. The molecule has 1 amide bonds. The standard InChI is InChI=1S/C21H20N6O2S/c1-27(2)20(29)14-4-3-5-15(11-14)23-17-7-6-16-19(25-17)30-21(24-16)26-18-10-13(12-28)8-9-22-18/h3-11,28H,12H2,1-2H3,(H,23,25)(H,22,24,26). The summed E-state index contributed by atoms with van der Waals surface area (Å²) in [5.41, 5.74) is 2.92. The topological polar surface area (TPSA) is 103 Å². The number of aliphatic hydroxyl groups excluding tert-OH is 1. The van der Waals surface area contributed by atoms with E-state index in [4.69, 9.17) is 0 Å². The van der Waals surface area contributed by atoms with Gasteiger partial charge in [-0.3, -0.25) is 4.79 Å². The van der Waals surface area contributed by atoms with Gasteiger partial charge in [0.15, 0.2) is 5.13 Å². The van der Waals surface area contributed by atoms with Crippen LogP contribution >= 0.6 is 11.3 Å². The fourth-order valence-electron chi connectivity index (χ4n) is 2.83. The van der Waals surface area contributed by atoms with Gasteiger partial charge in [0.2, 0.25) is 0 Å². The Morgan fingerprint density at radius 3 is 2.73 bits per heavy atom. The molecule has 1 aromatic carbocycles. The molecular formula is C21H20N6O2S. The first-order valence-corrected chi connectivity index (χ1v) is 10.0. The van der Waals surface area contributed by atoms with Crippen LogP contribution in [0.1, 0.15) is 15.9 Å². The number of nitrogens with one attached hydrogen (secondary N) is 2. The van der Waals surface area contributed by atoms with Crippen LogP contribution in [0.2, 0.25) is 0 Å². The summed E-state index contributed by atoms with van der Waals surface area (Å²) in [6, 6.07) is 14.6. The Hall–Kier alpha value is -3.56. The first-order chi connectivity index (χ1) is 14.5. The maximum atomic E-state index is 12.2. The lowest BCUT2D eigenvalue weighted by Gasteiger charge is -2.11. The molecule has 8 nitrogen and oxygen atoms in total. The van der Waals surface area contributed by atoms with Crippen molar-refractivity contribution in [1.82, 2.24) is 19.9 Å². The number of hydrogen-bond donors (Lipinski definition) is 3. The van der Waals surface area contributed by atoms with Crippen LogP contribution < -0.4 is 10.6 Å². The van der Waals surface area contributed by atoms with Gasteiger partial charge in [0.1, 0.15) is 22.0 Å². The number of aromatic nitrogens is 3. The molecule has 3 aromatic heterocycles. The summed E-state index contributed by atoms with van der Waals surface area (Å²) < 4.78 is 0. The summed E-state index contributed by atoms with van der Waals surface area (Å²) in [5, 5.41) is 16.3. The van der Waals surface area contributed by atoms with Crippen molar-refractivity contribution < 1.29 is 9.90 Å². The van der Waals surface area contributed by atoms with E-state index in [1.807, 2.05) is 24.3 Å². The summed E-state index contributed by atoms with van der Waals surface area (Å²) >= 11 is 1.41. The Bertz CT molecular complexity index is 1210. The number of thiazole rings is 1. The lowest BCUT2D eigenvalue weighted by molar-refractivity contribution is 0.0827. The zero-order valence-electron chi connectivity index (χ0n) is 16.5. The predicted molar refractivity (Wildman–Crippen MR) is 119 cm³/mol. The molecule has 3 N–H and O–H groups in total. The average Bonchev–Trinajstić information content (AvgIpc) is 3.15. The normalized spacial score (nSPS) is 10.8. The molecule has 9 heteroatoms. The van der Waals surface area contributed by atoms with Crippen molar-refractivity contribution in [3.8, 4) is 0 Å². The first kappa shape index (κ1) is 19.7. The van der Waals surface area contributed by atoms with Gasteiger partial charge >= 0.3 is 0 Å². The van der Waals surface area contributed by atoms with Crippen LogP contribution in [0.3, 0.4) is 0 Å². The highest BCUT2D eigenvalue weighted by molar-refractivity contribution is 7.21. The summed E-state index contributed by atoms with van der Waals surface area (Å²) in [6.07, 6.45) is 1.64. The fraction of sp³-hybridized carbons (Fsp3) is 0.143. The number of aliphatic hydroxyl groups is 1. The van der Waals surface area contributed by atoms with E-state index in [0.29, 0.717) is 22.3 Å². The van der Waals surface area contributed by atoms with E-state index in [-0.39, 0.29) is 12.5 Å².